The average molecular weight is 302 g/mol. The van der Waals surface area contributed by atoms with Gasteiger partial charge in [-0.05, 0) is 24.3 Å². The van der Waals surface area contributed by atoms with Crippen LogP contribution < -0.4 is 10.0 Å². The molecule has 0 aliphatic rings. The summed E-state index contributed by atoms with van der Waals surface area (Å²) in [5.74, 6) is -1.70. The number of rotatable bonds is 6. The van der Waals surface area contributed by atoms with Crippen molar-refractivity contribution in [3.63, 3.8) is 0 Å². The first-order valence-electron chi connectivity index (χ1n) is 5.50. The highest BCUT2D eigenvalue weighted by Gasteiger charge is 2.12. The van der Waals surface area contributed by atoms with E-state index in [0.29, 0.717) is 5.69 Å². The van der Waals surface area contributed by atoms with Crippen LogP contribution in [0.4, 0.5) is 16.2 Å². The van der Waals surface area contributed by atoms with Gasteiger partial charge in [-0.25, -0.2) is 13.2 Å². The molecule has 0 saturated carbocycles. The molecule has 1 amide bonds. The van der Waals surface area contributed by atoms with E-state index in [0.717, 1.165) is 0 Å². The van der Waals surface area contributed by atoms with Crippen molar-refractivity contribution in [2.75, 3.05) is 22.9 Å². The van der Waals surface area contributed by atoms with Gasteiger partial charge >= 0.3 is 12.1 Å². The van der Waals surface area contributed by atoms with Crippen LogP contribution >= 0.6 is 0 Å². The number of carboxylic acid groups (broad SMARTS) is 1. The number of nitrogens with one attached hydrogen (secondary N) is 2. The molecule has 9 heteroatoms. The fourth-order valence-electron chi connectivity index (χ4n) is 1.24. The molecule has 3 N–H and O–H groups in total. The van der Waals surface area contributed by atoms with Crippen LogP contribution in [-0.4, -0.2) is 38.4 Å². The fourth-order valence-corrected chi connectivity index (χ4v) is 2.28. The Kier molecular flexibility index (Phi) is 5.32. The van der Waals surface area contributed by atoms with Gasteiger partial charge < -0.3 is 9.84 Å². The number of ether oxygens (including phenoxy) is 1. The Bertz CT molecular complexity index is 581. The monoisotopic (exact) mass is 302 g/mol. The molecule has 8 nitrogen and oxygen atoms in total. The lowest BCUT2D eigenvalue weighted by Crippen LogP contribution is -2.19. The van der Waals surface area contributed by atoms with Gasteiger partial charge in [0.05, 0.1) is 19.3 Å². The van der Waals surface area contributed by atoms with Crippen molar-refractivity contribution in [1.29, 1.82) is 0 Å². The summed E-state index contributed by atoms with van der Waals surface area (Å²) in [6.45, 7) is 0. The summed E-state index contributed by atoms with van der Waals surface area (Å²) in [5.41, 5.74) is 0.705. The topological polar surface area (TPSA) is 122 Å². The first kappa shape index (κ1) is 15.8. The molecule has 0 heterocycles. The van der Waals surface area contributed by atoms with Gasteiger partial charge in [0.1, 0.15) is 0 Å². The third-order valence-electron chi connectivity index (χ3n) is 2.17. The zero-order chi connectivity index (χ0) is 15.2. The summed E-state index contributed by atoms with van der Waals surface area (Å²) in [4.78, 5) is 21.3. The molecule has 0 bridgehead atoms. The first-order valence-corrected chi connectivity index (χ1v) is 7.15. The van der Waals surface area contributed by atoms with E-state index in [1.807, 2.05) is 0 Å². The highest BCUT2D eigenvalue weighted by Crippen LogP contribution is 2.15. The van der Waals surface area contributed by atoms with Crippen molar-refractivity contribution < 1.29 is 27.9 Å². The maximum absolute atomic E-state index is 11.5. The van der Waals surface area contributed by atoms with Crippen molar-refractivity contribution >= 4 is 33.5 Å². The van der Waals surface area contributed by atoms with Gasteiger partial charge in [-0.2, -0.15) is 0 Å². The summed E-state index contributed by atoms with van der Waals surface area (Å²) in [7, 11) is -2.49. The van der Waals surface area contributed by atoms with E-state index in [-0.39, 0.29) is 5.69 Å². The van der Waals surface area contributed by atoms with E-state index < -0.39 is 34.3 Å². The number of hydrogen-bond donors (Lipinski definition) is 3. The van der Waals surface area contributed by atoms with Crippen molar-refractivity contribution in [2.45, 2.75) is 6.42 Å². The Hall–Kier alpha value is -2.29. The second-order valence-corrected chi connectivity index (χ2v) is 5.60. The second-order valence-electron chi connectivity index (χ2n) is 3.76. The number of sulfonamides is 1. The molecule has 0 aromatic heterocycles. The van der Waals surface area contributed by atoms with Crippen LogP contribution in [0.5, 0.6) is 0 Å². The Balaban J connectivity index is 2.65. The normalized spacial score (nSPS) is 10.7. The van der Waals surface area contributed by atoms with Crippen molar-refractivity contribution in [3.8, 4) is 0 Å². The number of anilines is 2. The van der Waals surface area contributed by atoms with Gasteiger partial charge in [0.15, 0.2) is 0 Å². The average Bonchev–Trinajstić information content (AvgIpc) is 2.38. The number of carbonyl (C=O) groups excluding carboxylic acids is 1. The maximum Gasteiger partial charge on any atom is 0.411 e. The predicted octanol–water partition coefficient (Wildman–Crippen LogP) is 1.08. The molecule has 0 unspecified atom stereocenters. The Morgan fingerprint density at radius 2 is 1.75 bits per heavy atom. The van der Waals surface area contributed by atoms with Crippen LogP contribution in [0.1, 0.15) is 6.42 Å². The Labute approximate surface area is 115 Å². The molecule has 0 aliphatic carbocycles. The molecule has 0 aliphatic heterocycles. The third kappa shape index (κ3) is 5.57. The van der Waals surface area contributed by atoms with Crippen LogP contribution in [0.2, 0.25) is 0 Å². The second kappa shape index (κ2) is 6.75. The van der Waals surface area contributed by atoms with Gasteiger partial charge in [-0.15, -0.1) is 0 Å². The largest absolute Gasteiger partial charge is 0.481 e. The zero-order valence-electron chi connectivity index (χ0n) is 10.6. The molecule has 1 aromatic rings. The number of carbonyl (C=O) groups is 2. The Morgan fingerprint density at radius 1 is 1.20 bits per heavy atom. The summed E-state index contributed by atoms with van der Waals surface area (Å²) in [6, 6.07) is 5.82. The molecular formula is C11H14N2O6S. The van der Waals surface area contributed by atoms with E-state index >= 15 is 0 Å². The predicted molar refractivity (Wildman–Crippen MR) is 72.1 cm³/mol. The molecule has 0 atom stereocenters. The van der Waals surface area contributed by atoms with Crippen LogP contribution in [-0.2, 0) is 19.6 Å². The first-order chi connectivity index (χ1) is 9.32. The number of methoxy groups -OCH3 is 1. The zero-order valence-corrected chi connectivity index (χ0v) is 11.4. The SMILES string of the molecule is COC(=O)Nc1ccc(NS(=O)(=O)CCC(=O)O)cc1. The summed E-state index contributed by atoms with van der Waals surface area (Å²) in [5, 5.41) is 10.8. The number of amides is 1. The summed E-state index contributed by atoms with van der Waals surface area (Å²) < 4.78 is 29.7. The number of benzene rings is 1. The van der Waals surface area contributed by atoms with Crippen molar-refractivity contribution in [3.05, 3.63) is 24.3 Å². The molecule has 110 valence electrons. The van der Waals surface area contributed by atoms with Crippen LogP contribution in [0.3, 0.4) is 0 Å². The lowest BCUT2D eigenvalue weighted by molar-refractivity contribution is -0.136. The minimum Gasteiger partial charge on any atom is -0.481 e. The van der Waals surface area contributed by atoms with Gasteiger partial charge in [0, 0.05) is 11.4 Å². The lowest BCUT2D eigenvalue weighted by atomic mass is 10.3. The molecule has 1 rings (SSSR count). The molecule has 0 spiro atoms. The van der Waals surface area contributed by atoms with Gasteiger partial charge in [-0.3, -0.25) is 14.8 Å². The highest BCUT2D eigenvalue weighted by atomic mass is 32.2. The number of aliphatic carboxylic acids is 1. The van der Waals surface area contributed by atoms with E-state index in [2.05, 4.69) is 14.8 Å². The maximum atomic E-state index is 11.5. The minimum absolute atomic E-state index is 0.269. The smallest absolute Gasteiger partial charge is 0.411 e. The standard InChI is InChI=1S/C11H14N2O6S/c1-19-11(16)12-8-2-4-9(5-3-8)13-20(17,18)7-6-10(14)15/h2-5,13H,6-7H2,1H3,(H,12,16)(H,14,15). The van der Waals surface area contributed by atoms with Crippen LogP contribution in [0.15, 0.2) is 24.3 Å². The lowest BCUT2D eigenvalue weighted by Gasteiger charge is -2.08. The van der Waals surface area contributed by atoms with Crippen LogP contribution in [0.25, 0.3) is 0 Å². The highest BCUT2D eigenvalue weighted by molar-refractivity contribution is 7.92. The molecule has 1 aromatic carbocycles. The molecule has 0 fully saturated rings. The van der Waals surface area contributed by atoms with Gasteiger partial charge in [-0.1, -0.05) is 0 Å². The quantitative estimate of drug-likeness (QED) is 0.723. The van der Waals surface area contributed by atoms with E-state index in [1.54, 1.807) is 0 Å². The summed E-state index contributed by atoms with van der Waals surface area (Å²) in [6.07, 6.45) is -1.11. The van der Waals surface area contributed by atoms with Gasteiger partial charge in [0.2, 0.25) is 10.0 Å². The van der Waals surface area contributed by atoms with Crippen LogP contribution in [0, 0.1) is 0 Å². The van der Waals surface area contributed by atoms with Crippen molar-refractivity contribution in [1.82, 2.24) is 0 Å². The molecule has 0 radical (unpaired) electrons. The van der Waals surface area contributed by atoms with E-state index in [1.165, 1.54) is 31.4 Å². The van der Waals surface area contributed by atoms with Crippen molar-refractivity contribution in [2.24, 2.45) is 0 Å². The number of hydrogen-bond acceptors (Lipinski definition) is 5. The van der Waals surface area contributed by atoms with E-state index in [9.17, 15) is 18.0 Å². The Morgan fingerprint density at radius 3 is 2.25 bits per heavy atom. The molecule has 20 heavy (non-hydrogen) atoms. The number of carboxylic acids is 1. The fraction of sp³-hybridized carbons (Fsp3) is 0.273. The molecular weight excluding hydrogens is 288 g/mol. The third-order valence-corrected chi connectivity index (χ3v) is 3.46. The minimum atomic E-state index is -3.71. The van der Waals surface area contributed by atoms with E-state index in [4.69, 9.17) is 5.11 Å². The summed E-state index contributed by atoms with van der Waals surface area (Å²) >= 11 is 0. The molecule has 0 saturated heterocycles. The van der Waals surface area contributed by atoms with Gasteiger partial charge in [0.25, 0.3) is 0 Å².